The second-order valence-corrected chi connectivity index (χ2v) is 8.01. The number of nitrogens with zero attached hydrogens (tertiary/aromatic N) is 2. The normalized spacial score (nSPS) is 23.1. The number of benzene rings is 2. The minimum absolute atomic E-state index is 0.163. The number of carbonyl (C=O) groups is 3. The first-order valence-corrected chi connectivity index (χ1v) is 10.4. The van der Waals surface area contributed by atoms with Crippen LogP contribution < -0.4 is 10.1 Å². The molecule has 0 atom stereocenters. The topological polar surface area (TPSA) is 88.1 Å². The van der Waals surface area contributed by atoms with Crippen LogP contribution in [-0.4, -0.2) is 48.7 Å². The quantitative estimate of drug-likeness (QED) is 0.778. The van der Waals surface area contributed by atoms with Crippen LogP contribution in [0.15, 0.2) is 59.6 Å². The van der Waals surface area contributed by atoms with Gasteiger partial charge in [-0.3, -0.25) is 14.5 Å². The van der Waals surface area contributed by atoms with Crippen LogP contribution in [0.2, 0.25) is 0 Å². The van der Waals surface area contributed by atoms with Crippen molar-refractivity contribution in [2.45, 2.75) is 37.1 Å². The molecule has 2 aromatic carbocycles. The lowest BCUT2D eigenvalue weighted by Crippen LogP contribution is -2.49. The molecule has 1 heterocycles. The van der Waals surface area contributed by atoms with Gasteiger partial charge in [0.1, 0.15) is 5.75 Å². The van der Waals surface area contributed by atoms with Crippen molar-refractivity contribution in [1.29, 1.82) is 0 Å². The van der Waals surface area contributed by atoms with Gasteiger partial charge in [0, 0.05) is 18.0 Å². The second kappa shape index (κ2) is 8.71. The van der Waals surface area contributed by atoms with E-state index in [0.717, 1.165) is 24.6 Å². The molecule has 0 radical (unpaired) electrons. The van der Waals surface area contributed by atoms with E-state index in [1.807, 2.05) is 30.3 Å². The Labute approximate surface area is 181 Å². The fourth-order valence-corrected chi connectivity index (χ4v) is 4.61. The molecule has 7 heteroatoms. The predicted octanol–water partition coefficient (Wildman–Crippen LogP) is 3.34. The maximum absolute atomic E-state index is 12.9. The smallest absolute Gasteiger partial charge is 0.350 e. The maximum atomic E-state index is 12.9. The Hall–Kier alpha value is -3.48. The Morgan fingerprint density at radius 1 is 1.10 bits per heavy atom. The summed E-state index contributed by atoms with van der Waals surface area (Å²) in [6, 6.07) is 16.6. The number of para-hydroxylation sites is 1. The molecule has 31 heavy (non-hydrogen) atoms. The largest absolute Gasteiger partial charge is 0.496 e. The van der Waals surface area contributed by atoms with E-state index in [1.54, 1.807) is 19.2 Å². The van der Waals surface area contributed by atoms with Crippen molar-refractivity contribution in [3.05, 3.63) is 65.7 Å². The van der Waals surface area contributed by atoms with Gasteiger partial charge >= 0.3 is 6.03 Å². The molecule has 1 fully saturated rings. The molecule has 0 bridgehead atoms. The summed E-state index contributed by atoms with van der Waals surface area (Å²) >= 11 is 0. The van der Waals surface area contributed by atoms with Gasteiger partial charge in [0.15, 0.2) is 0 Å². The van der Waals surface area contributed by atoms with Crippen LogP contribution in [0.3, 0.4) is 0 Å². The zero-order chi connectivity index (χ0) is 21.8. The molecule has 0 unspecified atom stereocenters. The first-order valence-electron chi connectivity index (χ1n) is 10.4. The minimum Gasteiger partial charge on any atom is -0.496 e. The first kappa shape index (κ1) is 20.8. The lowest BCUT2D eigenvalue weighted by molar-refractivity contribution is -0.122. The molecule has 0 saturated heterocycles. The molecule has 2 aliphatic rings. The van der Waals surface area contributed by atoms with Gasteiger partial charge in [0.25, 0.3) is 11.8 Å². The second-order valence-electron chi connectivity index (χ2n) is 8.01. The molecule has 1 N–H and O–H groups in total. The van der Waals surface area contributed by atoms with Gasteiger partial charge in [-0.1, -0.05) is 42.5 Å². The number of hydrogen-bond acceptors (Lipinski definition) is 4. The third kappa shape index (κ3) is 4.08. The van der Waals surface area contributed by atoms with Gasteiger partial charge < -0.3 is 10.1 Å². The standard InChI is InChI=1S/C24H25N3O4/c1-31-20-10-6-5-9-19(20)22(29)26-16-24(17-7-3-2-4-8-17)13-11-18(12-14-24)27-21(28)15-25-23(27)30/h2-10,15,18H,11-14,16H2,1H3,(H,26,29)/t18-,24+. The Morgan fingerprint density at radius 2 is 1.77 bits per heavy atom. The Morgan fingerprint density at radius 3 is 2.42 bits per heavy atom. The van der Waals surface area contributed by atoms with Crippen molar-refractivity contribution >= 4 is 24.1 Å². The zero-order valence-electron chi connectivity index (χ0n) is 17.4. The summed E-state index contributed by atoms with van der Waals surface area (Å²) in [5.74, 6) is 0.00314. The SMILES string of the molecule is COc1ccccc1C(=O)NC[C@]1(c2ccccc2)CC[C@@H](N2C(=O)C=NC2=O)CC1. The molecule has 4 rings (SSSR count). The molecule has 7 nitrogen and oxygen atoms in total. The molecule has 0 aromatic heterocycles. The zero-order valence-corrected chi connectivity index (χ0v) is 17.4. The summed E-state index contributed by atoms with van der Waals surface area (Å²) in [7, 11) is 1.55. The molecule has 160 valence electrons. The van der Waals surface area contributed by atoms with E-state index in [2.05, 4.69) is 22.4 Å². The van der Waals surface area contributed by atoms with Crippen LogP contribution in [0, 0.1) is 0 Å². The fourth-order valence-electron chi connectivity index (χ4n) is 4.61. The van der Waals surface area contributed by atoms with E-state index < -0.39 is 6.03 Å². The number of carbonyl (C=O) groups excluding carboxylic acids is 3. The van der Waals surface area contributed by atoms with E-state index >= 15 is 0 Å². The monoisotopic (exact) mass is 419 g/mol. The van der Waals surface area contributed by atoms with E-state index in [4.69, 9.17) is 4.74 Å². The highest BCUT2D eigenvalue weighted by molar-refractivity contribution is 6.35. The number of amides is 4. The molecule has 1 aliphatic heterocycles. The number of nitrogens with one attached hydrogen (secondary N) is 1. The van der Waals surface area contributed by atoms with Gasteiger partial charge in [-0.2, -0.15) is 4.99 Å². The van der Waals surface area contributed by atoms with Crippen LogP contribution in [0.25, 0.3) is 0 Å². The van der Waals surface area contributed by atoms with Crippen LogP contribution in [0.5, 0.6) is 5.75 Å². The summed E-state index contributed by atoms with van der Waals surface area (Å²) in [4.78, 5) is 41.8. The van der Waals surface area contributed by atoms with Gasteiger partial charge in [0.05, 0.1) is 18.9 Å². The Balaban J connectivity index is 1.52. The van der Waals surface area contributed by atoms with E-state index in [-0.39, 0.29) is 23.3 Å². The predicted molar refractivity (Wildman–Crippen MR) is 116 cm³/mol. The summed E-state index contributed by atoms with van der Waals surface area (Å²) < 4.78 is 5.32. The number of imide groups is 1. The van der Waals surface area contributed by atoms with Crippen molar-refractivity contribution in [2.24, 2.45) is 4.99 Å². The lowest BCUT2D eigenvalue weighted by Gasteiger charge is -2.42. The third-order valence-corrected chi connectivity index (χ3v) is 6.33. The number of methoxy groups -OCH3 is 1. The summed E-state index contributed by atoms with van der Waals surface area (Å²) in [5, 5.41) is 3.09. The highest BCUT2D eigenvalue weighted by atomic mass is 16.5. The van der Waals surface area contributed by atoms with Gasteiger partial charge in [-0.15, -0.1) is 0 Å². The van der Waals surface area contributed by atoms with E-state index in [0.29, 0.717) is 30.7 Å². The molecule has 0 spiro atoms. The molecule has 1 aliphatic carbocycles. The van der Waals surface area contributed by atoms with Crippen LogP contribution >= 0.6 is 0 Å². The van der Waals surface area contributed by atoms with Crippen LogP contribution in [-0.2, 0) is 10.2 Å². The molecule has 4 amide bonds. The summed E-state index contributed by atoms with van der Waals surface area (Å²) in [5.41, 5.74) is 1.36. The van der Waals surface area contributed by atoms with Gasteiger partial charge in [-0.05, 0) is 43.4 Å². The van der Waals surface area contributed by atoms with Crippen LogP contribution in [0.1, 0.15) is 41.6 Å². The highest BCUT2D eigenvalue weighted by Crippen LogP contribution is 2.41. The first-order chi connectivity index (χ1) is 15.0. The summed E-state index contributed by atoms with van der Waals surface area (Å²) in [6.45, 7) is 0.457. The minimum atomic E-state index is -0.480. The van der Waals surface area contributed by atoms with Gasteiger partial charge in [-0.25, -0.2) is 4.79 Å². The lowest BCUT2D eigenvalue weighted by atomic mass is 9.68. The van der Waals surface area contributed by atoms with E-state index in [9.17, 15) is 14.4 Å². The fraction of sp³-hybridized carbons (Fsp3) is 0.333. The van der Waals surface area contributed by atoms with Crippen molar-refractivity contribution in [3.63, 3.8) is 0 Å². The highest BCUT2D eigenvalue weighted by Gasteiger charge is 2.42. The Bertz CT molecular complexity index is 992. The van der Waals surface area contributed by atoms with Crippen LogP contribution in [0.4, 0.5) is 4.79 Å². The number of hydrogen-bond donors (Lipinski definition) is 1. The van der Waals surface area contributed by atoms with E-state index in [1.165, 1.54) is 4.90 Å². The molecule has 2 aromatic rings. The number of rotatable bonds is 6. The maximum Gasteiger partial charge on any atom is 0.350 e. The van der Waals surface area contributed by atoms with Gasteiger partial charge in [0.2, 0.25) is 0 Å². The molecule has 1 saturated carbocycles. The average Bonchev–Trinajstić information content (AvgIpc) is 3.16. The Kier molecular flexibility index (Phi) is 5.84. The average molecular weight is 419 g/mol. The number of aliphatic imine (C=N–C) groups is 1. The third-order valence-electron chi connectivity index (χ3n) is 6.33. The molecular formula is C24H25N3O4. The van der Waals surface area contributed by atoms with Crippen molar-refractivity contribution in [3.8, 4) is 5.75 Å². The van der Waals surface area contributed by atoms with Crippen molar-refractivity contribution in [2.75, 3.05) is 13.7 Å². The van der Waals surface area contributed by atoms with Crippen molar-refractivity contribution in [1.82, 2.24) is 10.2 Å². The summed E-state index contributed by atoms with van der Waals surface area (Å²) in [6.07, 6.45) is 3.91. The van der Waals surface area contributed by atoms with Crippen molar-refractivity contribution < 1.29 is 19.1 Å². The molecular weight excluding hydrogens is 394 g/mol. The number of urea groups is 1. The number of ether oxygens (including phenoxy) is 1.